The van der Waals surface area contributed by atoms with Crippen molar-refractivity contribution in [1.82, 2.24) is 10.3 Å². The number of rotatable bonds is 8. The average molecular weight is 570 g/mol. The van der Waals surface area contributed by atoms with Crippen molar-refractivity contribution in [2.75, 3.05) is 31.1 Å². The number of ether oxygens (including phenoxy) is 1. The Kier molecular flexibility index (Phi) is 12.7. The van der Waals surface area contributed by atoms with Gasteiger partial charge in [0.25, 0.3) is 0 Å². The van der Waals surface area contributed by atoms with Crippen LogP contribution in [0, 0.1) is 0 Å². The number of nitrogens with zero attached hydrogens (tertiary/aromatic N) is 2. The fourth-order valence-corrected chi connectivity index (χ4v) is 3.32. The first-order valence-corrected chi connectivity index (χ1v) is 11.9. The third-order valence-electron chi connectivity index (χ3n) is 5.02. The van der Waals surface area contributed by atoms with Gasteiger partial charge in [0.1, 0.15) is 17.9 Å². The zero-order valence-corrected chi connectivity index (χ0v) is 21.5. The van der Waals surface area contributed by atoms with Gasteiger partial charge in [-0.15, -0.1) is 0 Å². The van der Waals surface area contributed by atoms with Crippen LogP contribution in [0.4, 0.5) is 5.69 Å². The van der Waals surface area contributed by atoms with Crippen molar-refractivity contribution in [3.05, 3.63) is 89.1 Å². The Balaban J connectivity index is 0.000000304. The highest BCUT2D eigenvalue weighted by atomic mass is 16.5. The van der Waals surface area contributed by atoms with Gasteiger partial charge in [0.05, 0.1) is 5.69 Å². The van der Waals surface area contributed by atoms with E-state index in [1.54, 1.807) is 24.5 Å². The van der Waals surface area contributed by atoms with Crippen molar-refractivity contribution in [3.8, 4) is 5.75 Å². The summed E-state index contributed by atoms with van der Waals surface area (Å²) in [5.74, 6) is -4.36. The summed E-state index contributed by atoms with van der Waals surface area (Å²) in [5, 5.41) is 35.5. The van der Waals surface area contributed by atoms with Gasteiger partial charge in [-0.3, -0.25) is 4.98 Å². The van der Waals surface area contributed by atoms with E-state index in [0.29, 0.717) is 42.2 Å². The third-order valence-corrected chi connectivity index (χ3v) is 5.02. The van der Waals surface area contributed by atoms with Crippen molar-refractivity contribution in [2.24, 2.45) is 0 Å². The largest absolute Gasteiger partial charge is 0.489 e. The standard InChI is InChI=1S/C19H19N3O3.2C4H4O4/c23-19-11-17(22-8-6-20-7-9-22)16-4-3-15(10-18(16)25-19)24-13-14-2-1-5-21-12-14;2*5-3(6)1-2-4(7)8/h1-5,10-12,20H,6-9,13H2;2*1-2H,(H,5,6)(H,7,8)/b;2*2-1-. The molecule has 0 saturated carbocycles. The van der Waals surface area contributed by atoms with E-state index in [2.05, 4.69) is 15.2 Å². The molecule has 0 aliphatic carbocycles. The Morgan fingerprint density at radius 3 is 2.00 bits per heavy atom. The number of aromatic nitrogens is 1. The molecule has 1 fully saturated rings. The fourth-order valence-electron chi connectivity index (χ4n) is 3.32. The number of anilines is 1. The molecule has 14 nitrogen and oxygen atoms in total. The normalized spacial score (nSPS) is 12.6. The zero-order chi connectivity index (χ0) is 30.2. The molecule has 0 amide bonds. The SMILES string of the molecule is O=C(O)/C=C\C(=O)O.O=C(O)/C=C\C(=O)O.O=c1cc(N2CCNCC2)c2ccc(OCc3cccnc3)cc2o1. The van der Waals surface area contributed by atoms with Gasteiger partial charge >= 0.3 is 29.5 Å². The second-order valence-corrected chi connectivity index (χ2v) is 8.02. The zero-order valence-electron chi connectivity index (χ0n) is 21.5. The molecule has 216 valence electrons. The Labute approximate surface area is 232 Å². The van der Waals surface area contributed by atoms with Crippen LogP contribution in [0.2, 0.25) is 0 Å². The van der Waals surface area contributed by atoms with E-state index in [1.165, 1.54) is 0 Å². The first-order chi connectivity index (χ1) is 19.5. The average Bonchev–Trinajstić information content (AvgIpc) is 2.95. The maximum Gasteiger partial charge on any atom is 0.338 e. The van der Waals surface area contributed by atoms with E-state index < -0.39 is 23.9 Å². The van der Waals surface area contributed by atoms with Gasteiger partial charge in [-0.1, -0.05) is 6.07 Å². The Morgan fingerprint density at radius 2 is 1.49 bits per heavy atom. The number of fused-ring (bicyclic) bond motifs is 1. The Morgan fingerprint density at radius 1 is 0.902 bits per heavy atom. The lowest BCUT2D eigenvalue weighted by molar-refractivity contribution is -0.134. The van der Waals surface area contributed by atoms with Crippen LogP contribution < -0.4 is 20.6 Å². The molecule has 0 radical (unpaired) electrons. The minimum absolute atomic E-state index is 0.342. The molecule has 1 aliphatic heterocycles. The fraction of sp³-hybridized carbons (Fsp3) is 0.185. The number of aliphatic carboxylic acids is 4. The minimum Gasteiger partial charge on any atom is -0.489 e. The van der Waals surface area contributed by atoms with Gasteiger partial charge in [0, 0.05) is 86.0 Å². The van der Waals surface area contributed by atoms with Gasteiger partial charge < -0.3 is 39.8 Å². The second-order valence-electron chi connectivity index (χ2n) is 8.02. The number of hydrogen-bond donors (Lipinski definition) is 5. The van der Waals surface area contributed by atoms with E-state index in [4.69, 9.17) is 29.6 Å². The monoisotopic (exact) mass is 569 g/mol. The van der Waals surface area contributed by atoms with Gasteiger partial charge in [0.2, 0.25) is 0 Å². The smallest absolute Gasteiger partial charge is 0.338 e. The Hall–Kier alpha value is -5.50. The lowest BCUT2D eigenvalue weighted by Crippen LogP contribution is -2.43. The molecular weight excluding hydrogens is 542 g/mol. The lowest BCUT2D eigenvalue weighted by Gasteiger charge is -2.29. The summed E-state index contributed by atoms with van der Waals surface area (Å²) in [4.78, 5) is 56.5. The van der Waals surface area contributed by atoms with Crippen molar-refractivity contribution < 1.29 is 48.8 Å². The predicted molar refractivity (Wildman–Crippen MR) is 145 cm³/mol. The Bertz CT molecular complexity index is 1390. The van der Waals surface area contributed by atoms with Crippen molar-refractivity contribution in [1.29, 1.82) is 0 Å². The highest BCUT2D eigenvalue weighted by Crippen LogP contribution is 2.28. The third kappa shape index (κ3) is 12.3. The first kappa shape index (κ1) is 31.7. The molecule has 3 aromatic rings. The molecule has 0 spiro atoms. The maximum absolute atomic E-state index is 12.0. The summed E-state index contributed by atoms with van der Waals surface area (Å²) < 4.78 is 11.2. The highest BCUT2D eigenvalue weighted by molar-refractivity contribution is 5.91. The number of pyridine rings is 1. The van der Waals surface area contributed by atoms with Crippen molar-refractivity contribution in [3.63, 3.8) is 0 Å². The van der Waals surface area contributed by atoms with Crippen molar-refractivity contribution >= 4 is 40.5 Å². The van der Waals surface area contributed by atoms with E-state index in [-0.39, 0.29) is 5.63 Å². The number of carboxylic acid groups (broad SMARTS) is 4. The second kappa shape index (κ2) is 16.5. The summed E-state index contributed by atoms with van der Waals surface area (Å²) >= 11 is 0. The maximum atomic E-state index is 12.0. The van der Waals surface area contributed by atoms with E-state index >= 15 is 0 Å². The van der Waals surface area contributed by atoms with Gasteiger partial charge in [0.15, 0.2) is 0 Å². The van der Waals surface area contributed by atoms with Crippen LogP contribution in [0.15, 0.2) is 82.3 Å². The van der Waals surface area contributed by atoms with Gasteiger partial charge in [-0.05, 0) is 18.2 Å². The van der Waals surface area contributed by atoms with Crippen LogP contribution >= 0.6 is 0 Å². The molecule has 1 aromatic carbocycles. The summed E-state index contributed by atoms with van der Waals surface area (Å²) in [6.07, 6.45) is 5.73. The van der Waals surface area contributed by atoms with Gasteiger partial charge in [-0.25, -0.2) is 24.0 Å². The summed E-state index contributed by atoms with van der Waals surface area (Å²) in [6, 6.07) is 11.0. The molecule has 14 heteroatoms. The van der Waals surface area contributed by atoms with Crippen LogP contribution in [0.3, 0.4) is 0 Å². The van der Waals surface area contributed by atoms with Crippen LogP contribution in [0.25, 0.3) is 11.0 Å². The molecule has 0 unspecified atom stereocenters. The number of benzene rings is 1. The van der Waals surface area contributed by atoms with Gasteiger partial charge in [-0.2, -0.15) is 0 Å². The molecular formula is C27H27N3O11. The van der Waals surface area contributed by atoms with Crippen LogP contribution in [-0.4, -0.2) is 75.5 Å². The van der Waals surface area contributed by atoms with Crippen LogP contribution in [0.1, 0.15) is 5.56 Å². The molecule has 2 aromatic heterocycles. The number of hydrogen-bond acceptors (Lipinski definition) is 10. The topological polar surface area (TPSA) is 217 Å². The van der Waals surface area contributed by atoms with Crippen LogP contribution in [0.5, 0.6) is 5.75 Å². The molecule has 41 heavy (non-hydrogen) atoms. The van der Waals surface area contributed by atoms with Crippen LogP contribution in [-0.2, 0) is 25.8 Å². The first-order valence-electron chi connectivity index (χ1n) is 11.9. The molecule has 5 N–H and O–H groups in total. The quantitative estimate of drug-likeness (QED) is 0.192. The lowest BCUT2D eigenvalue weighted by atomic mass is 10.1. The molecule has 3 heterocycles. The van der Waals surface area contributed by atoms with E-state index in [9.17, 15) is 24.0 Å². The minimum atomic E-state index is -1.26. The number of piperazine rings is 1. The molecule has 0 bridgehead atoms. The number of nitrogens with one attached hydrogen (secondary N) is 1. The molecule has 1 saturated heterocycles. The number of carbonyl (C=O) groups is 4. The predicted octanol–water partition coefficient (Wildman–Crippen LogP) is 1.60. The van der Waals surface area contributed by atoms with E-state index in [0.717, 1.165) is 42.8 Å². The van der Waals surface area contributed by atoms with E-state index in [1.807, 2.05) is 24.3 Å². The molecule has 4 rings (SSSR count). The molecule has 1 aliphatic rings. The van der Waals surface area contributed by atoms with Crippen molar-refractivity contribution in [2.45, 2.75) is 6.61 Å². The summed E-state index contributed by atoms with van der Waals surface area (Å²) in [6.45, 7) is 3.98. The summed E-state index contributed by atoms with van der Waals surface area (Å²) in [7, 11) is 0. The highest BCUT2D eigenvalue weighted by Gasteiger charge is 2.16. The molecule has 0 atom stereocenters. The summed E-state index contributed by atoms with van der Waals surface area (Å²) in [5.41, 5.74) is 2.11. The number of carboxylic acids is 4.